The van der Waals surface area contributed by atoms with Gasteiger partial charge in [-0.15, -0.1) is 0 Å². The molecule has 0 N–H and O–H groups in total. The van der Waals surface area contributed by atoms with E-state index >= 15 is 0 Å². The second-order valence-electron chi connectivity index (χ2n) is 2.93. The van der Waals surface area contributed by atoms with Gasteiger partial charge in [-0.3, -0.25) is 0 Å². The number of fused-ring (bicyclic) bond motifs is 1. The van der Waals surface area contributed by atoms with E-state index in [0.29, 0.717) is 6.10 Å². The van der Waals surface area contributed by atoms with Crippen molar-refractivity contribution < 1.29 is 14.2 Å². The van der Waals surface area contributed by atoms with Crippen LogP contribution in [0.15, 0.2) is 0 Å². The summed E-state index contributed by atoms with van der Waals surface area (Å²) in [5, 5.41) is 0. The van der Waals surface area contributed by atoms with Crippen molar-refractivity contribution in [2.75, 3.05) is 7.11 Å². The molecule has 0 aromatic rings. The zero-order valence-electron chi connectivity index (χ0n) is 6.24. The predicted molar refractivity (Wildman–Crippen MR) is 34.6 cm³/mol. The summed E-state index contributed by atoms with van der Waals surface area (Å²) in [6.45, 7) is 2.05. The fraction of sp³-hybridized carbons (Fsp3) is 1.00. The Morgan fingerprint density at radius 3 is 2.90 bits per heavy atom. The molecule has 3 heteroatoms. The number of rotatable bonds is 1. The SMILES string of the molecule is CO[C@@H]1O[C@H](C)C[C@H]2O[C@@H]12. The topological polar surface area (TPSA) is 31.0 Å². The lowest BCUT2D eigenvalue weighted by Crippen LogP contribution is -2.33. The minimum absolute atomic E-state index is 0.117. The molecular formula is C7H12O3. The van der Waals surface area contributed by atoms with Crippen LogP contribution in [-0.4, -0.2) is 31.7 Å². The maximum absolute atomic E-state index is 5.44. The fourth-order valence-electron chi connectivity index (χ4n) is 1.46. The van der Waals surface area contributed by atoms with Crippen LogP contribution in [0.25, 0.3) is 0 Å². The smallest absolute Gasteiger partial charge is 0.186 e. The lowest BCUT2D eigenvalue weighted by atomic mass is 10.1. The van der Waals surface area contributed by atoms with E-state index in [1.54, 1.807) is 7.11 Å². The first-order chi connectivity index (χ1) is 4.81. The van der Waals surface area contributed by atoms with E-state index in [-0.39, 0.29) is 18.5 Å². The monoisotopic (exact) mass is 144 g/mol. The first-order valence-corrected chi connectivity index (χ1v) is 3.65. The number of hydrogen-bond acceptors (Lipinski definition) is 3. The molecule has 0 aromatic carbocycles. The zero-order valence-corrected chi connectivity index (χ0v) is 6.24. The third-order valence-electron chi connectivity index (χ3n) is 2.05. The highest BCUT2D eigenvalue weighted by atomic mass is 16.7. The molecule has 0 spiro atoms. The molecule has 0 aromatic heterocycles. The van der Waals surface area contributed by atoms with Gasteiger partial charge in [0.2, 0.25) is 0 Å². The summed E-state index contributed by atoms with van der Waals surface area (Å²) in [5.41, 5.74) is 0. The number of epoxide rings is 1. The van der Waals surface area contributed by atoms with Crippen LogP contribution in [0.4, 0.5) is 0 Å². The zero-order chi connectivity index (χ0) is 7.14. The molecule has 10 heavy (non-hydrogen) atoms. The number of methoxy groups -OCH3 is 1. The molecule has 2 aliphatic heterocycles. The Morgan fingerprint density at radius 2 is 2.20 bits per heavy atom. The first-order valence-electron chi connectivity index (χ1n) is 3.65. The Bertz CT molecular complexity index is 137. The Labute approximate surface area is 60.3 Å². The summed E-state index contributed by atoms with van der Waals surface area (Å²) in [7, 11) is 1.65. The van der Waals surface area contributed by atoms with Crippen LogP contribution in [0, 0.1) is 0 Å². The van der Waals surface area contributed by atoms with Crippen LogP contribution in [0.3, 0.4) is 0 Å². The van der Waals surface area contributed by atoms with Crippen molar-refractivity contribution in [2.24, 2.45) is 0 Å². The molecule has 0 radical (unpaired) electrons. The van der Waals surface area contributed by atoms with Crippen molar-refractivity contribution in [3.05, 3.63) is 0 Å². The minimum Gasteiger partial charge on any atom is -0.364 e. The second kappa shape index (κ2) is 2.19. The van der Waals surface area contributed by atoms with E-state index < -0.39 is 0 Å². The lowest BCUT2D eigenvalue weighted by molar-refractivity contribution is -0.168. The van der Waals surface area contributed by atoms with Gasteiger partial charge in [0.1, 0.15) is 6.10 Å². The Morgan fingerprint density at radius 1 is 1.40 bits per heavy atom. The molecule has 2 fully saturated rings. The van der Waals surface area contributed by atoms with Gasteiger partial charge >= 0.3 is 0 Å². The second-order valence-corrected chi connectivity index (χ2v) is 2.93. The molecule has 0 unspecified atom stereocenters. The summed E-state index contributed by atoms with van der Waals surface area (Å²) < 4.78 is 15.8. The molecular weight excluding hydrogens is 132 g/mol. The van der Waals surface area contributed by atoms with Gasteiger partial charge in [-0.2, -0.15) is 0 Å². The van der Waals surface area contributed by atoms with E-state index in [1.807, 2.05) is 6.92 Å². The largest absolute Gasteiger partial charge is 0.364 e. The molecule has 2 saturated heterocycles. The Kier molecular flexibility index (Phi) is 1.44. The average molecular weight is 144 g/mol. The van der Waals surface area contributed by atoms with E-state index in [2.05, 4.69) is 0 Å². The highest BCUT2D eigenvalue weighted by molar-refractivity contribution is 4.92. The third kappa shape index (κ3) is 0.944. The van der Waals surface area contributed by atoms with Gasteiger partial charge < -0.3 is 14.2 Å². The predicted octanol–water partition coefficient (Wildman–Crippen LogP) is 0.535. The fourth-order valence-corrected chi connectivity index (χ4v) is 1.46. The molecule has 2 aliphatic rings. The van der Waals surface area contributed by atoms with Crippen molar-refractivity contribution in [1.29, 1.82) is 0 Å². The molecule has 0 bridgehead atoms. The van der Waals surface area contributed by atoms with Gasteiger partial charge in [-0.25, -0.2) is 0 Å². The van der Waals surface area contributed by atoms with Crippen LogP contribution in [-0.2, 0) is 14.2 Å². The molecule has 3 nitrogen and oxygen atoms in total. The third-order valence-corrected chi connectivity index (χ3v) is 2.05. The summed E-state index contributed by atoms with van der Waals surface area (Å²) >= 11 is 0. The van der Waals surface area contributed by atoms with Gasteiger partial charge in [-0.05, 0) is 6.92 Å². The van der Waals surface area contributed by atoms with E-state index in [4.69, 9.17) is 14.2 Å². The van der Waals surface area contributed by atoms with Crippen molar-refractivity contribution in [3.8, 4) is 0 Å². The van der Waals surface area contributed by atoms with Crippen LogP contribution < -0.4 is 0 Å². The molecule has 58 valence electrons. The van der Waals surface area contributed by atoms with Crippen molar-refractivity contribution in [2.45, 2.75) is 37.9 Å². The maximum Gasteiger partial charge on any atom is 0.186 e. The average Bonchev–Trinajstić information content (AvgIpc) is 2.64. The summed E-state index contributed by atoms with van der Waals surface area (Å²) in [5.74, 6) is 0. The Balaban J connectivity index is 1.96. The molecule has 4 atom stereocenters. The van der Waals surface area contributed by atoms with E-state index in [1.165, 1.54) is 0 Å². The van der Waals surface area contributed by atoms with Gasteiger partial charge in [0.15, 0.2) is 6.29 Å². The number of ether oxygens (including phenoxy) is 3. The lowest BCUT2D eigenvalue weighted by Gasteiger charge is -2.22. The minimum atomic E-state index is -0.117. The molecule has 2 heterocycles. The highest BCUT2D eigenvalue weighted by Crippen LogP contribution is 2.36. The summed E-state index contributed by atoms with van der Waals surface area (Å²) in [6.07, 6.45) is 1.82. The summed E-state index contributed by atoms with van der Waals surface area (Å²) in [4.78, 5) is 0. The molecule has 2 rings (SSSR count). The summed E-state index contributed by atoms with van der Waals surface area (Å²) in [6, 6.07) is 0. The van der Waals surface area contributed by atoms with E-state index in [9.17, 15) is 0 Å². The Hall–Kier alpha value is -0.120. The van der Waals surface area contributed by atoms with Gasteiger partial charge in [0.05, 0.1) is 12.2 Å². The van der Waals surface area contributed by atoms with E-state index in [0.717, 1.165) is 6.42 Å². The van der Waals surface area contributed by atoms with Gasteiger partial charge in [-0.1, -0.05) is 0 Å². The molecule has 0 saturated carbocycles. The van der Waals surface area contributed by atoms with Gasteiger partial charge in [0.25, 0.3) is 0 Å². The van der Waals surface area contributed by atoms with Crippen LogP contribution in [0.5, 0.6) is 0 Å². The normalized spacial score (nSPS) is 52.2. The number of hydrogen-bond donors (Lipinski definition) is 0. The highest BCUT2D eigenvalue weighted by Gasteiger charge is 2.50. The van der Waals surface area contributed by atoms with Crippen molar-refractivity contribution in [1.82, 2.24) is 0 Å². The van der Waals surface area contributed by atoms with Gasteiger partial charge in [0, 0.05) is 13.5 Å². The molecule has 0 amide bonds. The van der Waals surface area contributed by atoms with Crippen LogP contribution in [0.2, 0.25) is 0 Å². The maximum atomic E-state index is 5.44. The van der Waals surface area contributed by atoms with Crippen molar-refractivity contribution >= 4 is 0 Å². The molecule has 0 aliphatic carbocycles. The first kappa shape index (κ1) is 6.58. The van der Waals surface area contributed by atoms with Crippen LogP contribution >= 0.6 is 0 Å². The quantitative estimate of drug-likeness (QED) is 0.503. The van der Waals surface area contributed by atoms with Crippen molar-refractivity contribution in [3.63, 3.8) is 0 Å². The standard InChI is InChI=1S/C7H12O3/c1-4-3-5-6(10-5)7(8-2)9-4/h4-7H,3H2,1-2H3/t4-,5-,6-,7-/m1/s1. The van der Waals surface area contributed by atoms with Crippen LogP contribution in [0.1, 0.15) is 13.3 Å².